The molecule has 0 heterocycles. The third-order valence-electron chi connectivity index (χ3n) is 7.52. The van der Waals surface area contributed by atoms with Crippen molar-refractivity contribution in [2.45, 2.75) is 84.9 Å². The molecule has 0 saturated carbocycles. The van der Waals surface area contributed by atoms with Crippen molar-refractivity contribution in [1.82, 2.24) is 10.6 Å². The number of nitrogens with one attached hydrogen (secondary N) is 2. The summed E-state index contributed by atoms with van der Waals surface area (Å²) in [5.41, 5.74) is 5.09. The molecule has 41 heavy (non-hydrogen) atoms. The van der Waals surface area contributed by atoms with Gasteiger partial charge in [-0.2, -0.15) is 0 Å². The van der Waals surface area contributed by atoms with Gasteiger partial charge in [0.2, 0.25) is 0 Å². The van der Waals surface area contributed by atoms with E-state index in [1.165, 1.54) is 5.56 Å². The molecule has 1 amide bonds. The lowest BCUT2D eigenvalue weighted by Gasteiger charge is -2.25. The van der Waals surface area contributed by atoms with Crippen LogP contribution < -0.4 is 10.6 Å². The van der Waals surface area contributed by atoms with E-state index in [1.54, 1.807) is 36.4 Å². The number of aryl methyl sites for hydroxylation is 2. The highest BCUT2D eigenvalue weighted by atomic mass is 16.3. The van der Waals surface area contributed by atoms with E-state index in [9.17, 15) is 19.8 Å². The standard InChI is InChI=1S/C35H46N2O4/c1-5-9-28(10-6-2)34(40)29-17-24(4)18-30(21-29)35(41)37-32(20-26-13-15-31(38)16-14-26)33(39)23-36-22-27-12-8-11-25(7-3)19-27/h8,11-19,21,28,32-33,36,38-39H,5-7,9-10,20,22-23H2,1-4H3,(H,37,41)/t32-,33+/m0/s1. The van der Waals surface area contributed by atoms with E-state index in [1.807, 2.05) is 19.1 Å². The fourth-order valence-corrected chi connectivity index (χ4v) is 5.28. The van der Waals surface area contributed by atoms with Crippen molar-refractivity contribution in [2.24, 2.45) is 5.92 Å². The Labute approximate surface area is 245 Å². The van der Waals surface area contributed by atoms with Crippen LogP contribution in [0, 0.1) is 12.8 Å². The number of Topliss-reactive ketones (excluding diaryl/α,β-unsaturated/α-hetero) is 1. The summed E-state index contributed by atoms with van der Waals surface area (Å²) in [6.07, 6.45) is 4.01. The highest BCUT2D eigenvalue weighted by Crippen LogP contribution is 2.22. The zero-order valence-electron chi connectivity index (χ0n) is 25.0. The van der Waals surface area contributed by atoms with Gasteiger partial charge in [0.05, 0.1) is 12.1 Å². The van der Waals surface area contributed by atoms with E-state index in [0.29, 0.717) is 24.1 Å². The second-order valence-corrected chi connectivity index (χ2v) is 11.0. The average molecular weight is 559 g/mol. The van der Waals surface area contributed by atoms with E-state index < -0.39 is 12.1 Å². The second kappa shape index (κ2) is 16.1. The van der Waals surface area contributed by atoms with E-state index in [-0.39, 0.29) is 29.9 Å². The predicted molar refractivity (Wildman–Crippen MR) is 165 cm³/mol. The first-order valence-corrected chi connectivity index (χ1v) is 14.9. The van der Waals surface area contributed by atoms with E-state index in [0.717, 1.165) is 48.8 Å². The van der Waals surface area contributed by atoms with Crippen LogP contribution in [0.5, 0.6) is 5.75 Å². The Morgan fingerprint density at radius 2 is 1.49 bits per heavy atom. The summed E-state index contributed by atoms with van der Waals surface area (Å²) in [4.78, 5) is 26.9. The van der Waals surface area contributed by atoms with Crippen molar-refractivity contribution in [3.8, 4) is 5.75 Å². The molecule has 0 aliphatic rings. The molecule has 0 saturated heterocycles. The number of amides is 1. The second-order valence-electron chi connectivity index (χ2n) is 11.0. The molecule has 0 radical (unpaired) electrons. The van der Waals surface area contributed by atoms with Crippen LogP contribution in [-0.2, 0) is 19.4 Å². The van der Waals surface area contributed by atoms with E-state index in [2.05, 4.69) is 49.6 Å². The van der Waals surface area contributed by atoms with Crippen molar-refractivity contribution in [3.63, 3.8) is 0 Å². The minimum Gasteiger partial charge on any atom is -0.508 e. The van der Waals surface area contributed by atoms with Gasteiger partial charge in [-0.1, -0.05) is 70.0 Å². The lowest BCUT2D eigenvalue weighted by Crippen LogP contribution is -2.48. The quantitative estimate of drug-likeness (QED) is 0.158. The first kappa shape index (κ1) is 32.0. The maximum absolute atomic E-state index is 13.5. The smallest absolute Gasteiger partial charge is 0.251 e. The first-order valence-electron chi connectivity index (χ1n) is 14.9. The van der Waals surface area contributed by atoms with Gasteiger partial charge in [0.1, 0.15) is 5.75 Å². The first-order chi connectivity index (χ1) is 19.7. The normalized spacial score (nSPS) is 12.7. The third-order valence-corrected chi connectivity index (χ3v) is 7.52. The molecule has 0 fully saturated rings. The largest absolute Gasteiger partial charge is 0.508 e. The molecule has 3 aromatic carbocycles. The summed E-state index contributed by atoms with van der Waals surface area (Å²) >= 11 is 0. The number of hydrogen-bond donors (Lipinski definition) is 4. The summed E-state index contributed by atoms with van der Waals surface area (Å²) in [6, 6.07) is 19.8. The summed E-state index contributed by atoms with van der Waals surface area (Å²) < 4.78 is 0. The van der Waals surface area contributed by atoms with Gasteiger partial charge in [0, 0.05) is 30.1 Å². The summed E-state index contributed by atoms with van der Waals surface area (Å²) in [7, 11) is 0. The van der Waals surface area contributed by atoms with Crippen LogP contribution in [0.1, 0.15) is 89.4 Å². The number of phenols is 1. The molecule has 0 aliphatic carbocycles. The topological polar surface area (TPSA) is 98.7 Å². The Balaban J connectivity index is 1.77. The average Bonchev–Trinajstić information content (AvgIpc) is 2.97. The summed E-state index contributed by atoms with van der Waals surface area (Å²) in [6.45, 7) is 9.07. The Bertz CT molecular complexity index is 1270. The molecule has 3 rings (SSSR count). The number of hydrogen-bond acceptors (Lipinski definition) is 5. The summed E-state index contributed by atoms with van der Waals surface area (Å²) in [5.74, 6) is -0.129. The number of carbonyl (C=O) groups excluding carboxylic acids is 2. The molecular weight excluding hydrogens is 512 g/mol. The monoisotopic (exact) mass is 558 g/mol. The predicted octanol–water partition coefficient (Wildman–Crippen LogP) is 6.15. The number of carbonyl (C=O) groups is 2. The molecule has 0 spiro atoms. The minimum absolute atomic E-state index is 0.0455. The SMILES string of the molecule is CCCC(CCC)C(=O)c1cc(C)cc(C(=O)N[C@@H](Cc2ccc(O)cc2)[C@H](O)CNCc2cccc(CC)c2)c1. The Morgan fingerprint density at radius 1 is 0.829 bits per heavy atom. The fourth-order valence-electron chi connectivity index (χ4n) is 5.28. The van der Waals surface area contributed by atoms with Gasteiger partial charge >= 0.3 is 0 Å². The van der Waals surface area contributed by atoms with E-state index in [4.69, 9.17) is 0 Å². The number of aliphatic hydroxyl groups is 1. The van der Waals surface area contributed by atoms with Gasteiger partial charge in [0.15, 0.2) is 5.78 Å². The molecule has 6 nitrogen and oxygen atoms in total. The van der Waals surface area contributed by atoms with Crippen LogP contribution in [-0.4, -0.2) is 40.6 Å². The number of ketones is 1. The minimum atomic E-state index is -0.869. The van der Waals surface area contributed by atoms with Gasteiger partial charge in [-0.25, -0.2) is 0 Å². The molecule has 6 heteroatoms. The molecule has 0 bridgehead atoms. The van der Waals surface area contributed by atoms with Crippen molar-refractivity contribution in [2.75, 3.05) is 6.54 Å². The van der Waals surface area contributed by atoms with Crippen LogP contribution in [0.2, 0.25) is 0 Å². The van der Waals surface area contributed by atoms with Crippen LogP contribution in [0.3, 0.4) is 0 Å². The van der Waals surface area contributed by atoms with Gasteiger partial charge in [-0.05, 0) is 85.2 Å². The van der Waals surface area contributed by atoms with Crippen molar-refractivity contribution < 1.29 is 19.8 Å². The Kier molecular flexibility index (Phi) is 12.6. The zero-order valence-corrected chi connectivity index (χ0v) is 25.0. The van der Waals surface area contributed by atoms with Crippen LogP contribution >= 0.6 is 0 Å². The number of aromatic hydroxyl groups is 1. The molecule has 0 aliphatic heterocycles. The number of phenolic OH excluding ortho intramolecular Hbond substituents is 1. The molecule has 2 atom stereocenters. The summed E-state index contributed by atoms with van der Waals surface area (Å²) in [5, 5.41) is 27.3. The van der Waals surface area contributed by atoms with Gasteiger partial charge in [-0.3, -0.25) is 9.59 Å². The maximum atomic E-state index is 13.5. The van der Waals surface area contributed by atoms with Crippen LogP contribution in [0.4, 0.5) is 0 Å². The molecule has 4 N–H and O–H groups in total. The number of rotatable bonds is 16. The molecule has 0 unspecified atom stereocenters. The van der Waals surface area contributed by atoms with Crippen molar-refractivity contribution in [1.29, 1.82) is 0 Å². The van der Waals surface area contributed by atoms with Gasteiger partial charge < -0.3 is 20.8 Å². The maximum Gasteiger partial charge on any atom is 0.251 e. The van der Waals surface area contributed by atoms with Crippen LogP contribution in [0.25, 0.3) is 0 Å². The zero-order chi connectivity index (χ0) is 29.8. The third kappa shape index (κ3) is 9.83. The van der Waals surface area contributed by atoms with Gasteiger partial charge in [-0.15, -0.1) is 0 Å². The highest BCUT2D eigenvalue weighted by Gasteiger charge is 2.24. The van der Waals surface area contributed by atoms with Crippen LogP contribution in [0.15, 0.2) is 66.7 Å². The van der Waals surface area contributed by atoms with Crippen molar-refractivity contribution >= 4 is 11.7 Å². The molecule has 220 valence electrons. The lowest BCUT2D eigenvalue weighted by molar-refractivity contribution is 0.0829. The molecular formula is C35H46N2O4. The molecule has 3 aromatic rings. The number of aliphatic hydroxyl groups excluding tert-OH is 1. The fraction of sp³-hybridized carbons (Fsp3) is 0.429. The van der Waals surface area contributed by atoms with Crippen molar-refractivity contribution in [3.05, 3.63) is 100 Å². The van der Waals surface area contributed by atoms with E-state index >= 15 is 0 Å². The van der Waals surface area contributed by atoms with Gasteiger partial charge in [0.25, 0.3) is 5.91 Å². The Morgan fingerprint density at radius 3 is 2.15 bits per heavy atom. The Hall–Kier alpha value is -3.48. The highest BCUT2D eigenvalue weighted by molar-refractivity contribution is 6.02. The molecule has 0 aromatic heterocycles. The number of benzene rings is 3. The lowest BCUT2D eigenvalue weighted by atomic mass is 9.88.